The number of H-pyrrole nitrogens is 1. The lowest BCUT2D eigenvalue weighted by atomic mass is 9.98. The van der Waals surface area contributed by atoms with Crippen LogP contribution in [0.5, 0.6) is 0 Å². The van der Waals surface area contributed by atoms with Gasteiger partial charge in [0.1, 0.15) is 11.6 Å². The van der Waals surface area contributed by atoms with Gasteiger partial charge in [-0.2, -0.15) is 5.26 Å². The number of anilines is 1. The fraction of sp³-hybridized carbons (Fsp3) is 0.304. The van der Waals surface area contributed by atoms with E-state index in [0.29, 0.717) is 22.8 Å². The lowest BCUT2D eigenvalue weighted by molar-refractivity contribution is -0.116. The molecule has 6 nitrogen and oxygen atoms in total. The summed E-state index contributed by atoms with van der Waals surface area (Å²) in [5, 5.41) is 14.6. The Hall–Kier alpha value is -3.24. The van der Waals surface area contributed by atoms with Gasteiger partial charge in [-0.15, -0.1) is 11.3 Å². The molecular formula is C23H24N4O2S. The summed E-state index contributed by atoms with van der Waals surface area (Å²) in [6.45, 7) is 9.73. The molecule has 0 aliphatic rings. The van der Waals surface area contributed by atoms with Crippen LogP contribution in [-0.2, 0) is 11.2 Å². The van der Waals surface area contributed by atoms with Crippen molar-refractivity contribution in [3.05, 3.63) is 66.9 Å². The Kier molecular flexibility index (Phi) is 6.18. The van der Waals surface area contributed by atoms with Crippen molar-refractivity contribution in [3.8, 4) is 17.3 Å². The molecule has 0 saturated heterocycles. The van der Waals surface area contributed by atoms with Gasteiger partial charge in [0.25, 0.3) is 5.56 Å². The third-order valence-electron chi connectivity index (χ3n) is 5.21. The molecule has 0 unspecified atom stereocenters. The third kappa shape index (κ3) is 4.34. The molecule has 0 radical (unpaired) electrons. The summed E-state index contributed by atoms with van der Waals surface area (Å²) in [5.74, 6) is -0.156. The van der Waals surface area contributed by atoms with Crippen LogP contribution in [0.3, 0.4) is 0 Å². The van der Waals surface area contributed by atoms with Crippen LogP contribution in [0.1, 0.15) is 45.5 Å². The number of hydrogen-bond donors (Lipinski definition) is 2. The van der Waals surface area contributed by atoms with Crippen molar-refractivity contribution in [2.75, 3.05) is 5.32 Å². The second kappa shape index (κ2) is 8.64. The molecular weight excluding hydrogens is 396 g/mol. The first-order valence-corrected chi connectivity index (χ1v) is 10.5. The molecule has 1 amide bonds. The highest BCUT2D eigenvalue weighted by Crippen LogP contribution is 2.31. The molecule has 1 aromatic carbocycles. The first kappa shape index (κ1) is 21.5. The number of nitrogens with one attached hydrogen (secondary N) is 2. The van der Waals surface area contributed by atoms with E-state index in [1.165, 1.54) is 16.9 Å². The van der Waals surface area contributed by atoms with E-state index >= 15 is 0 Å². The number of aromatic amines is 1. The zero-order chi connectivity index (χ0) is 22.0. The Morgan fingerprint density at radius 1 is 1.20 bits per heavy atom. The number of carbonyl (C=O) groups excluding carboxylic acids is 1. The Balaban J connectivity index is 1.72. The molecule has 30 heavy (non-hydrogen) atoms. The SMILES string of the molecule is Cc1cc(C)c(-c2csc(NC(=O)CCc3c(C)[nH]c(=O)c(C#N)c3C)n2)c(C)c1. The highest BCUT2D eigenvalue weighted by molar-refractivity contribution is 7.14. The second-order valence-electron chi connectivity index (χ2n) is 7.53. The van der Waals surface area contributed by atoms with Gasteiger partial charge in [0.2, 0.25) is 5.91 Å². The number of aryl methyl sites for hydroxylation is 4. The molecule has 3 rings (SSSR count). The van der Waals surface area contributed by atoms with E-state index in [-0.39, 0.29) is 17.9 Å². The average Bonchev–Trinajstić information content (AvgIpc) is 3.08. The van der Waals surface area contributed by atoms with Crippen LogP contribution in [0.4, 0.5) is 5.13 Å². The lowest BCUT2D eigenvalue weighted by Gasteiger charge is -2.10. The Bertz CT molecular complexity index is 1210. The molecule has 2 aromatic heterocycles. The van der Waals surface area contributed by atoms with Crippen molar-refractivity contribution >= 4 is 22.4 Å². The second-order valence-corrected chi connectivity index (χ2v) is 8.39. The topological polar surface area (TPSA) is 98.6 Å². The molecule has 154 valence electrons. The van der Waals surface area contributed by atoms with Gasteiger partial charge in [-0.1, -0.05) is 17.7 Å². The van der Waals surface area contributed by atoms with Gasteiger partial charge in [-0.05, 0) is 63.3 Å². The number of pyridine rings is 1. The number of carbonyl (C=O) groups is 1. The van der Waals surface area contributed by atoms with Crippen LogP contribution in [0.25, 0.3) is 11.3 Å². The van der Waals surface area contributed by atoms with Gasteiger partial charge in [-0.25, -0.2) is 4.98 Å². The summed E-state index contributed by atoms with van der Waals surface area (Å²) in [4.78, 5) is 31.6. The normalized spacial score (nSPS) is 10.7. The van der Waals surface area contributed by atoms with Crippen molar-refractivity contribution in [1.82, 2.24) is 9.97 Å². The summed E-state index contributed by atoms with van der Waals surface area (Å²) in [7, 11) is 0. The summed E-state index contributed by atoms with van der Waals surface area (Å²) >= 11 is 1.40. The van der Waals surface area contributed by atoms with Gasteiger partial charge in [0.05, 0.1) is 5.69 Å². The number of aromatic nitrogens is 2. The van der Waals surface area contributed by atoms with Crippen LogP contribution >= 0.6 is 11.3 Å². The predicted octanol–water partition coefficient (Wildman–Crippen LogP) is 4.48. The standard InChI is InChI=1S/C23H24N4O2S/c1-12-8-13(2)21(14(3)9-12)19-11-30-23(26-19)27-20(28)7-6-17-15(4)18(10-24)22(29)25-16(17)5/h8-9,11H,6-7H2,1-5H3,(H,25,29)(H,26,27,28). The molecule has 0 aliphatic heterocycles. The zero-order valence-corrected chi connectivity index (χ0v) is 18.6. The Morgan fingerprint density at radius 3 is 2.50 bits per heavy atom. The maximum absolute atomic E-state index is 12.5. The number of benzene rings is 1. The summed E-state index contributed by atoms with van der Waals surface area (Å²) in [6.07, 6.45) is 0.666. The van der Waals surface area contributed by atoms with E-state index in [4.69, 9.17) is 0 Å². The smallest absolute Gasteiger partial charge is 0.266 e. The summed E-state index contributed by atoms with van der Waals surface area (Å²) in [5.41, 5.74) is 7.34. The molecule has 2 N–H and O–H groups in total. The average molecular weight is 421 g/mol. The van der Waals surface area contributed by atoms with Gasteiger partial charge in [0.15, 0.2) is 5.13 Å². The van der Waals surface area contributed by atoms with Gasteiger partial charge < -0.3 is 10.3 Å². The van der Waals surface area contributed by atoms with Gasteiger partial charge in [-0.3, -0.25) is 9.59 Å². The van der Waals surface area contributed by atoms with E-state index in [0.717, 1.165) is 27.9 Å². The van der Waals surface area contributed by atoms with Gasteiger partial charge >= 0.3 is 0 Å². The molecule has 0 fully saturated rings. The molecule has 0 saturated carbocycles. The van der Waals surface area contributed by atoms with Crippen molar-refractivity contribution in [3.63, 3.8) is 0 Å². The van der Waals surface area contributed by atoms with Crippen LogP contribution < -0.4 is 10.9 Å². The fourth-order valence-electron chi connectivity index (χ4n) is 3.87. The highest BCUT2D eigenvalue weighted by Gasteiger charge is 2.15. The molecule has 7 heteroatoms. The van der Waals surface area contributed by atoms with E-state index in [2.05, 4.69) is 48.2 Å². The highest BCUT2D eigenvalue weighted by atomic mass is 32.1. The molecule has 0 bridgehead atoms. The van der Waals surface area contributed by atoms with Crippen molar-refractivity contribution in [2.24, 2.45) is 0 Å². The number of rotatable bonds is 5. The minimum atomic E-state index is -0.391. The van der Waals surface area contributed by atoms with E-state index < -0.39 is 5.56 Å². The quantitative estimate of drug-likeness (QED) is 0.635. The zero-order valence-electron chi connectivity index (χ0n) is 17.8. The number of thiazole rings is 1. The molecule has 2 heterocycles. The predicted molar refractivity (Wildman–Crippen MR) is 120 cm³/mol. The summed E-state index contributed by atoms with van der Waals surface area (Å²) in [6, 6.07) is 6.20. The van der Waals surface area contributed by atoms with E-state index in [1.54, 1.807) is 13.8 Å². The van der Waals surface area contributed by atoms with Crippen LogP contribution in [-0.4, -0.2) is 15.9 Å². The minimum absolute atomic E-state index is 0.101. The van der Waals surface area contributed by atoms with Crippen molar-refractivity contribution in [1.29, 1.82) is 5.26 Å². The Labute approximate surface area is 179 Å². The van der Waals surface area contributed by atoms with E-state index in [9.17, 15) is 14.9 Å². The van der Waals surface area contributed by atoms with E-state index in [1.807, 2.05) is 11.4 Å². The number of nitrogens with zero attached hydrogens (tertiary/aromatic N) is 2. The largest absolute Gasteiger partial charge is 0.325 e. The maximum Gasteiger partial charge on any atom is 0.266 e. The van der Waals surface area contributed by atoms with Crippen LogP contribution in [0.15, 0.2) is 22.3 Å². The molecule has 0 atom stereocenters. The van der Waals surface area contributed by atoms with Crippen LogP contribution in [0, 0.1) is 45.9 Å². The molecule has 3 aromatic rings. The van der Waals surface area contributed by atoms with Crippen molar-refractivity contribution in [2.45, 2.75) is 47.5 Å². The first-order valence-electron chi connectivity index (χ1n) is 9.67. The third-order valence-corrected chi connectivity index (χ3v) is 5.96. The number of amides is 1. The molecule has 0 aliphatic carbocycles. The van der Waals surface area contributed by atoms with Gasteiger partial charge in [0, 0.05) is 23.1 Å². The van der Waals surface area contributed by atoms with Crippen molar-refractivity contribution < 1.29 is 4.79 Å². The number of hydrogen-bond acceptors (Lipinski definition) is 5. The molecule has 0 spiro atoms. The van der Waals surface area contributed by atoms with Crippen LogP contribution in [0.2, 0.25) is 0 Å². The monoisotopic (exact) mass is 420 g/mol. The Morgan fingerprint density at radius 2 is 1.87 bits per heavy atom. The first-order chi connectivity index (χ1) is 14.2. The minimum Gasteiger partial charge on any atom is -0.325 e. The number of nitriles is 1. The lowest BCUT2D eigenvalue weighted by Crippen LogP contribution is -2.18. The fourth-order valence-corrected chi connectivity index (χ4v) is 4.59. The maximum atomic E-state index is 12.5. The summed E-state index contributed by atoms with van der Waals surface area (Å²) < 4.78 is 0.